The van der Waals surface area contributed by atoms with Crippen LogP contribution >= 0.6 is 0 Å². The van der Waals surface area contributed by atoms with Crippen LogP contribution in [0.1, 0.15) is 0 Å². The van der Waals surface area contributed by atoms with Gasteiger partial charge in [-0.05, 0) is 46.2 Å². The molecule has 51 heavy (non-hydrogen) atoms. The molecule has 0 unspecified atom stereocenters. The third-order valence-electron chi connectivity index (χ3n) is 9.50. The fourth-order valence-electron chi connectivity index (χ4n) is 7.04. The number of hydrogen-bond acceptors (Lipinski definition) is 5. The molecule has 0 radical (unpaired) electrons. The van der Waals surface area contributed by atoms with Gasteiger partial charge in [-0.15, -0.1) is 0 Å². The summed E-state index contributed by atoms with van der Waals surface area (Å²) in [6.07, 6.45) is 0. The van der Waals surface area contributed by atoms with Crippen LogP contribution in [0.25, 0.3) is 100 Å². The number of nitrogens with zero attached hydrogens (tertiary/aromatic N) is 4. The van der Waals surface area contributed by atoms with Crippen LogP contribution in [0.4, 0.5) is 0 Å². The third kappa shape index (κ3) is 5.03. The number of pyridine rings is 1. The fourth-order valence-corrected chi connectivity index (χ4v) is 7.04. The topological polar surface area (TPSA) is 64.7 Å². The minimum Gasteiger partial charge on any atom is -0.455 e. The van der Waals surface area contributed by atoms with Crippen molar-refractivity contribution in [2.45, 2.75) is 0 Å². The summed E-state index contributed by atoms with van der Waals surface area (Å²) in [5.74, 6) is 1.89. The van der Waals surface area contributed by atoms with Crippen molar-refractivity contribution in [3.05, 3.63) is 170 Å². The predicted octanol–water partition coefficient (Wildman–Crippen LogP) is 11.8. The van der Waals surface area contributed by atoms with E-state index < -0.39 is 0 Å². The third-order valence-corrected chi connectivity index (χ3v) is 9.50. The lowest BCUT2D eigenvalue weighted by Gasteiger charge is -2.12. The summed E-state index contributed by atoms with van der Waals surface area (Å²) in [5.41, 5.74) is 9.44. The molecule has 5 heteroatoms. The molecular weight excluding hydrogens is 625 g/mol. The predicted molar refractivity (Wildman–Crippen MR) is 207 cm³/mol. The first-order valence-electron chi connectivity index (χ1n) is 17.0. The Hall–Kier alpha value is -6.98. The lowest BCUT2D eigenvalue weighted by Crippen LogP contribution is -2.00. The normalized spacial score (nSPS) is 11.5. The second kappa shape index (κ2) is 11.9. The van der Waals surface area contributed by atoms with E-state index in [0.717, 1.165) is 77.3 Å². The van der Waals surface area contributed by atoms with E-state index in [0.29, 0.717) is 17.5 Å². The lowest BCUT2D eigenvalue weighted by atomic mass is 9.96. The summed E-state index contributed by atoms with van der Waals surface area (Å²) in [6.45, 7) is 0. The Morgan fingerprint density at radius 2 is 0.941 bits per heavy atom. The molecule has 0 saturated carbocycles. The average molecular weight is 653 g/mol. The largest absolute Gasteiger partial charge is 0.455 e. The molecule has 0 aliphatic heterocycles. The smallest absolute Gasteiger partial charge is 0.164 e. The highest BCUT2D eigenvalue weighted by Crippen LogP contribution is 2.42. The van der Waals surface area contributed by atoms with Crippen LogP contribution in [0.3, 0.4) is 0 Å². The van der Waals surface area contributed by atoms with E-state index in [9.17, 15) is 0 Å². The van der Waals surface area contributed by atoms with E-state index in [-0.39, 0.29) is 0 Å². The van der Waals surface area contributed by atoms with Crippen LogP contribution in [-0.2, 0) is 0 Å². The molecular formula is C46H28N4O. The van der Waals surface area contributed by atoms with Gasteiger partial charge in [0.05, 0.1) is 16.6 Å². The number of fused-ring (bicyclic) bond motifs is 6. The number of hydrogen-bond donors (Lipinski definition) is 0. The monoisotopic (exact) mass is 652 g/mol. The molecule has 0 aliphatic carbocycles. The molecule has 7 aromatic carbocycles. The van der Waals surface area contributed by atoms with Crippen molar-refractivity contribution in [3.63, 3.8) is 0 Å². The Morgan fingerprint density at radius 1 is 0.373 bits per heavy atom. The van der Waals surface area contributed by atoms with Gasteiger partial charge in [-0.3, -0.25) is 0 Å². The van der Waals surface area contributed by atoms with Gasteiger partial charge in [0, 0.05) is 33.0 Å². The summed E-state index contributed by atoms with van der Waals surface area (Å²) >= 11 is 0. The highest BCUT2D eigenvalue weighted by atomic mass is 16.3. The van der Waals surface area contributed by atoms with Crippen molar-refractivity contribution in [3.8, 4) is 56.5 Å². The summed E-state index contributed by atoms with van der Waals surface area (Å²) in [5, 5.41) is 5.38. The Morgan fingerprint density at radius 3 is 1.71 bits per heavy atom. The maximum atomic E-state index is 6.67. The maximum Gasteiger partial charge on any atom is 0.164 e. The number of furan rings is 1. The zero-order chi connectivity index (χ0) is 33.7. The summed E-state index contributed by atoms with van der Waals surface area (Å²) in [7, 11) is 0. The van der Waals surface area contributed by atoms with Gasteiger partial charge >= 0.3 is 0 Å². The highest BCUT2D eigenvalue weighted by Gasteiger charge is 2.20. The van der Waals surface area contributed by atoms with Crippen molar-refractivity contribution >= 4 is 43.6 Å². The van der Waals surface area contributed by atoms with E-state index in [1.54, 1.807) is 0 Å². The zero-order valence-electron chi connectivity index (χ0n) is 27.4. The molecule has 0 spiro atoms. The summed E-state index contributed by atoms with van der Waals surface area (Å²) < 4.78 is 6.67. The molecule has 5 nitrogen and oxygen atoms in total. The van der Waals surface area contributed by atoms with Gasteiger partial charge < -0.3 is 4.42 Å². The Bertz CT molecular complexity index is 2850. The van der Waals surface area contributed by atoms with Crippen molar-refractivity contribution in [1.82, 2.24) is 19.9 Å². The maximum absolute atomic E-state index is 6.67. The molecule has 0 amide bonds. The molecule has 10 rings (SSSR count). The van der Waals surface area contributed by atoms with Crippen LogP contribution in [0.5, 0.6) is 0 Å². The number of aromatic nitrogens is 4. The first kappa shape index (κ1) is 29.0. The number of para-hydroxylation sites is 1. The second-order valence-corrected chi connectivity index (χ2v) is 12.6. The van der Waals surface area contributed by atoms with Crippen LogP contribution in [0.15, 0.2) is 174 Å². The number of rotatable bonds is 5. The van der Waals surface area contributed by atoms with E-state index >= 15 is 0 Å². The number of benzene rings is 7. The average Bonchev–Trinajstić information content (AvgIpc) is 3.61. The fraction of sp³-hybridized carbons (Fsp3) is 0. The Labute approximate surface area is 293 Å². The molecule has 10 aromatic rings. The van der Waals surface area contributed by atoms with E-state index in [1.807, 2.05) is 72.8 Å². The van der Waals surface area contributed by atoms with Crippen LogP contribution < -0.4 is 0 Å². The summed E-state index contributed by atoms with van der Waals surface area (Å²) in [6, 6.07) is 58.0. The molecule has 0 saturated heterocycles. The van der Waals surface area contributed by atoms with E-state index in [2.05, 4.69) is 97.1 Å². The molecule has 0 fully saturated rings. The van der Waals surface area contributed by atoms with Crippen LogP contribution in [0.2, 0.25) is 0 Å². The van der Waals surface area contributed by atoms with Gasteiger partial charge in [0.15, 0.2) is 17.5 Å². The first-order valence-corrected chi connectivity index (χ1v) is 17.0. The van der Waals surface area contributed by atoms with Gasteiger partial charge in [0.1, 0.15) is 11.2 Å². The van der Waals surface area contributed by atoms with Gasteiger partial charge in [-0.1, -0.05) is 146 Å². The van der Waals surface area contributed by atoms with E-state index in [1.165, 1.54) is 5.39 Å². The van der Waals surface area contributed by atoms with Gasteiger partial charge in [0.2, 0.25) is 0 Å². The molecule has 0 aliphatic rings. The molecule has 3 heterocycles. The zero-order valence-corrected chi connectivity index (χ0v) is 27.4. The molecule has 0 N–H and O–H groups in total. The standard InChI is InChI=1S/C46H28N4O/c1-3-14-30(15-4-1)44-48-45(31-16-5-2-6-17-31)50-46(49-44)34-20-11-19-32(27-34)33-25-26-39-38(28-33)43-41(37-22-9-10-24-40(37)51-43)42(47-39)36-23-12-18-29-13-7-8-21-35(29)36/h1-28H. The Kier molecular flexibility index (Phi) is 6.74. The van der Waals surface area contributed by atoms with Gasteiger partial charge in [-0.25, -0.2) is 19.9 Å². The minimum absolute atomic E-state index is 0.617. The van der Waals surface area contributed by atoms with Crippen molar-refractivity contribution in [2.24, 2.45) is 0 Å². The van der Waals surface area contributed by atoms with Crippen LogP contribution in [-0.4, -0.2) is 19.9 Å². The molecule has 0 atom stereocenters. The quantitative estimate of drug-likeness (QED) is 0.185. The molecule has 238 valence electrons. The molecule has 0 bridgehead atoms. The second-order valence-electron chi connectivity index (χ2n) is 12.6. The van der Waals surface area contributed by atoms with Gasteiger partial charge in [-0.2, -0.15) is 0 Å². The van der Waals surface area contributed by atoms with Crippen molar-refractivity contribution < 1.29 is 4.42 Å². The first-order chi connectivity index (χ1) is 25.3. The minimum atomic E-state index is 0.617. The molecule has 3 aromatic heterocycles. The Balaban J connectivity index is 1.14. The van der Waals surface area contributed by atoms with Crippen LogP contribution in [0, 0.1) is 0 Å². The SMILES string of the molecule is c1ccc(-c2nc(-c3ccccc3)nc(-c3cccc(-c4ccc5nc(-c6cccc7ccccc67)c6c7ccccc7oc6c5c4)c3)n2)cc1. The van der Waals surface area contributed by atoms with Gasteiger partial charge in [0.25, 0.3) is 0 Å². The summed E-state index contributed by atoms with van der Waals surface area (Å²) in [4.78, 5) is 20.1. The van der Waals surface area contributed by atoms with E-state index in [4.69, 9.17) is 24.4 Å². The van der Waals surface area contributed by atoms with Crippen molar-refractivity contribution in [2.75, 3.05) is 0 Å². The highest BCUT2D eigenvalue weighted by molar-refractivity contribution is 6.21. The lowest BCUT2D eigenvalue weighted by molar-refractivity contribution is 0.672. The van der Waals surface area contributed by atoms with Crippen molar-refractivity contribution in [1.29, 1.82) is 0 Å².